The smallest absolute Gasteiger partial charge is 0.157 e. The quantitative estimate of drug-likeness (QED) is 0.786. The van der Waals surface area contributed by atoms with Crippen molar-refractivity contribution in [3.8, 4) is 5.82 Å². The molecule has 0 bridgehead atoms. The van der Waals surface area contributed by atoms with Gasteiger partial charge in [0.1, 0.15) is 0 Å². The van der Waals surface area contributed by atoms with Gasteiger partial charge in [0.2, 0.25) is 0 Å². The fourth-order valence-electron chi connectivity index (χ4n) is 2.33. The van der Waals surface area contributed by atoms with Crippen molar-refractivity contribution in [3.05, 3.63) is 60.3 Å². The summed E-state index contributed by atoms with van der Waals surface area (Å²) in [5.74, 6) is 0.857. The summed E-state index contributed by atoms with van der Waals surface area (Å²) in [5.41, 5.74) is 2.29. The van der Waals surface area contributed by atoms with Gasteiger partial charge in [-0.3, -0.25) is 4.68 Å². The van der Waals surface area contributed by atoms with E-state index in [4.69, 9.17) is 0 Å². The molecular formula is C17H22N6. The van der Waals surface area contributed by atoms with E-state index in [-0.39, 0.29) is 5.54 Å². The molecule has 3 aromatic heterocycles. The Balaban J connectivity index is 1.65. The first-order valence-corrected chi connectivity index (χ1v) is 7.73. The largest absolute Gasteiger partial charge is 0.308 e. The van der Waals surface area contributed by atoms with Crippen molar-refractivity contribution < 1.29 is 0 Å². The van der Waals surface area contributed by atoms with Crippen LogP contribution in [0.3, 0.4) is 0 Å². The van der Waals surface area contributed by atoms with E-state index < -0.39 is 0 Å². The van der Waals surface area contributed by atoms with Crippen LogP contribution in [0.2, 0.25) is 0 Å². The van der Waals surface area contributed by atoms with Crippen molar-refractivity contribution in [2.45, 2.75) is 39.4 Å². The zero-order valence-electron chi connectivity index (χ0n) is 13.8. The molecule has 0 fully saturated rings. The molecule has 0 aliphatic carbocycles. The molecule has 3 rings (SSSR count). The van der Waals surface area contributed by atoms with Crippen LogP contribution in [0.15, 0.2) is 49.2 Å². The Morgan fingerprint density at radius 1 is 1.09 bits per heavy atom. The third-order valence-corrected chi connectivity index (χ3v) is 3.56. The van der Waals surface area contributed by atoms with Crippen LogP contribution in [0.4, 0.5) is 0 Å². The van der Waals surface area contributed by atoms with Crippen molar-refractivity contribution >= 4 is 0 Å². The number of hydrogen-bond donors (Lipinski definition) is 1. The first-order chi connectivity index (χ1) is 11.0. The molecule has 0 atom stereocenters. The van der Waals surface area contributed by atoms with Gasteiger partial charge in [0.05, 0.1) is 11.7 Å². The van der Waals surface area contributed by atoms with Crippen LogP contribution in [0.5, 0.6) is 0 Å². The number of aromatic nitrogens is 5. The SMILES string of the molecule is CC(C)(C)n1cc(CNCc2cccnc2-n2cccn2)cn1. The van der Waals surface area contributed by atoms with Crippen LogP contribution in [0.25, 0.3) is 5.82 Å². The number of pyridine rings is 1. The van der Waals surface area contributed by atoms with Gasteiger partial charge in [0, 0.05) is 49.0 Å². The molecule has 23 heavy (non-hydrogen) atoms. The van der Waals surface area contributed by atoms with E-state index in [1.165, 1.54) is 5.56 Å². The van der Waals surface area contributed by atoms with Crippen molar-refractivity contribution in [1.82, 2.24) is 29.9 Å². The van der Waals surface area contributed by atoms with Crippen LogP contribution in [0, 0.1) is 0 Å². The summed E-state index contributed by atoms with van der Waals surface area (Å²) in [6.07, 6.45) is 9.44. The van der Waals surface area contributed by atoms with Crippen LogP contribution in [-0.2, 0) is 18.6 Å². The number of nitrogens with zero attached hydrogens (tertiary/aromatic N) is 5. The Hall–Kier alpha value is -2.47. The molecule has 1 N–H and O–H groups in total. The minimum absolute atomic E-state index is 0.00879. The van der Waals surface area contributed by atoms with Gasteiger partial charge in [-0.05, 0) is 32.9 Å². The zero-order valence-corrected chi connectivity index (χ0v) is 13.8. The van der Waals surface area contributed by atoms with Crippen LogP contribution >= 0.6 is 0 Å². The minimum atomic E-state index is 0.00879. The molecule has 0 saturated carbocycles. The molecule has 3 heterocycles. The third kappa shape index (κ3) is 3.65. The lowest BCUT2D eigenvalue weighted by Crippen LogP contribution is -2.22. The van der Waals surface area contributed by atoms with Gasteiger partial charge < -0.3 is 5.32 Å². The molecule has 0 radical (unpaired) electrons. The first-order valence-electron chi connectivity index (χ1n) is 7.73. The maximum Gasteiger partial charge on any atom is 0.157 e. The summed E-state index contributed by atoms with van der Waals surface area (Å²) in [5, 5.41) is 12.1. The van der Waals surface area contributed by atoms with E-state index in [0.29, 0.717) is 0 Å². The number of nitrogens with one attached hydrogen (secondary N) is 1. The maximum atomic E-state index is 4.43. The normalized spacial score (nSPS) is 11.8. The van der Waals surface area contributed by atoms with Crippen molar-refractivity contribution in [2.24, 2.45) is 0 Å². The Morgan fingerprint density at radius 2 is 1.96 bits per heavy atom. The average molecular weight is 310 g/mol. The number of rotatable bonds is 5. The average Bonchev–Trinajstić information content (AvgIpc) is 3.19. The fourth-order valence-corrected chi connectivity index (χ4v) is 2.33. The van der Waals surface area contributed by atoms with E-state index in [9.17, 15) is 0 Å². The van der Waals surface area contributed by atoms with Crippen molar-refractivity contribution in [2.75, 3.05) is 0 Å². The Bertz CT molecular complexity index is 751. The first kappa shape index (κ1) is 15.4. The molecule has 6 heteroatoms. The molecule has 0 aromatic carbocycles. The summed E-state index contributed by atoms with van der Waals surface area (Å²) in [4.78, 5) is 4.43. The molecule has 0 aliphatic rings. The summed E-state index contributed by atoms with van der Waals surface area (Å²) in [7, 11) is 0. The van der Waals surface area contributed by atoms with Gasteiger partial charge in [-0.15, -0.1) is 0 Å². The predicted octanol–water partition coefficient (Wildman–Crippen LogP) is 2.51. The molecule has 0 unspecified atom stereocenters. The molecular weight excluding hydrogens is 288 g/mol. The molecule has 3 aromatic rings. The number of hydrogen-bond acceptors (Lipinski definition) is 4. The van der Waals surface area contributed by atoms with Gasteiger partial charge in [-0.2, -0.15) is 10.2 Å². The van der Waals surface area contributed by atoms with Gasteiger partial charge >= 0.3 is 0 Å². The van der Waals surface area contributed by atoms with Gasteiger partial charge in [-0.1, -0.05) is 6.07 Å². The van der Waals surface area contributed by atoms with Crippen molar-refractivity contribution in [3.63, 3.8) is 0 Å². The summed E-state index contributed by atoms with van der Waals surface area (Å²) in [6.45, 7) is 7.92. The van der Waals surface area contributed by atoms with Crippen molar-refractivity contribution in [1.29, 1.82) is 0 Å². The minimum Gasteiger partial charge on any atom is -0.308 e. The van der Waals surface area contributed by atoms with Gasteiger partial charge in [0.25, 0.3) is 0 Å². The summed E-state index contributed by atoms with van der Waals surface area (Å²) >= 11 is 0. The second kappa shape index (κ2) is 6.34. The maximum absolute atomic E-state index is 4.43. The van der Waals surface area contributed by atoms with Crippen LogP contribution in [-0.4, -0.2) is 24.5 Å². The van der Waals surface area contributed by atoms with Gasteiger partial charge in [-0.25, -0.2) is 9.67 Å². The van der Waals surface area contributed by atoms with E-state index >= 15 is 0 Å². The molecule has 0 amide bonds. The lowest BCUT2D eigenvalue weighted by Gasteiger charge is -2.18. The van der Waals surface area contributed by atoms with Gasteiger partial charge in [0.15, 0.2) is 5.82 Å². The Kier molecular flexibility index (Phi) is 4.25. The fraction of sp³-hybridized carbons (Fsp3) is 0.353. The highest BCUT2D eigenvalue weighted by molar-refractivity contribution is 5.32. The standard InChI is InChI=1S/C17H22N6/c1-17(2,3)23-13-14(11-21-23)10-18-12-15-6-4-7-19-16(15)22-9-5-8-20-22/h4-9,11,13,18H,10,12H2,1-3H3. The highest BCUT2D eigenvalue weighted by atomic mass is 15.3. The highest BCUT2D eigenvalue weighted by Crippen LogP contribution is 2.14. The van der Waals surface area contributed by atoms with Crippen LogP contribution < -0.4 is 5.32 Å². The summed E-state index contributed by atoms with van der Waals surface area (Å²) < 4.78 is 3.78. The Labute approximate surface area is 136 Å². The predicted molar refractivity (Wildman–Crippen MR) is 89.1 cm³/mol. The zero-order chi connectivity index (χ0) is 16.3. The second-order valence-corrected chi connectivity index (χ2v) is 6.50. The second-order valence-electron chi connectivity index (χ2n) is 6.50. The van der Waals surface area contributed by atoms with Crippen LogP contribution in [0.1, 0.15) is 31.9 Å². The molecule has 0 aliphatic heterocycles. The van der Waals surface area contributed by atoms with E-state index in [1.54, 1.807) is 17.1 Å². The summed E-state index contributed by atoms with van der Waals surface area (Å²) in [6, 6.07) is 5.91. The van der Waals surface area contributed by atoms with E-state index in [1.807, 2.05) is 29.2 Å². The highest BCUT2D eigenvalue weighted by Gasteiger charge is 2.13. The van der Waals surface area contributed by atoms with E-state index in [0.717, 1.165) is 24.5 Å². The monoisotopic (exact) mass is 310 g/mol. The third-order valence-electron chi connectivity index (χ3n) is 3.56. The lowest BCUT2D eigenvalue weighted by atomic mass is 10.1. The molecule has 6 nitrogen and oxygen atoms in total. The topological polar surface area (TPSA) is 60.6 Å². The molecule has 120 valence electrons. The molecule has 0 spiro atoms. The Morgan fingerprint density at radius 3 is 2.65 bits per heavy atom. The lowest BCUT2D eigenvalue weighted by molar-refractivity contribution is 0.355. The van der Waals surface area contributed by atoms with E-state index in [2.05, 4.69) is 53.5 Å². The molecule has 0 saturated heterocycles.